The number of fused-ring (bicyclic) bond motifs is 1. The number of halogens is 1. The van der Waals surface area contributed by atoms with Gasteiger partial charge in [0.25, 0.3) is 0 Å². The molecule has 0 radical (unpaired) electrons. The summed E-state index contributed by atoms with van der Waals surface area (Å²) in [5, 5.41) is 12.0. The van der Waals surface area contributed by atoms with Gasteiger partial charge in [0.15, 0.2) is 5.82 Å². The second kappa shape index (κ2) is 9.07. The number of aromatic nitrogens is 3. The van der Waals surface area contributed by atoms with Crippen LogP contribution in [0.2, 0.25) is 5.02 Å². The number of amides is 1. The highest BCUT2D eigenvalue weighted by atomic mass is 35.5. The van der Waals surface area contributed by atoms with Crippen molar-refractivity contribution >= 4 is 35.0 Å². The summed E-state index contributed by atoms with van der Waals surface area (Å²) in [7, 11) is 3.13. The van der Waals surface area contributed by atoms with E-state index in [1.807, 2.05) is 35.9 Å². The number of rotatable bonds is 6. The lowest BCUT2D eigenvalue weighted by molar-refractivity contribution is -0.116. The van der Waals surface area contributed by atoms with Crippen molar-refractivity contribution in [3.8, 4) is 11.5 Å². The molecule has 2 atom stereocenters. The average molecular weight is 460 g/mol. The molecule has 2 N–H and O–H groups in total. The molecule has 10 heteroatoms. The zero-order chi connectivity index (χ0) is 22.0. The standard InChI is InChI=1S/C21H22ClN5O3S/c1-4-17-24-25-21-27(17)26-18(12-9-10-15(29-2)13(22)11-12)19(31-21)20(28)23-14-7-5-6-8-16(14)30-3/h5-11,18-19,26H,4H2,1-3H3,(H,23,28)/t18-,19+/m0/s1. The molecule has 3 aromatic rings. The Balaban J connectivity index is 1.70. The summed E-state index contributed by atoms with van der Waals surface area (Å²) in [6.07, 6.45) is 0.703. The molecule has 0 bridgehead atoms. The summed E-state index contributed by atoms with van der Waals surface area (Å²) in [6.45, 7) is 2.00. The first-order valence-electron chi connectivity index (χ1n) is 9.70. The maximum absolute atomic E-state index is 13.4. The second-order valence-electron chi connectivity index (χ2n) is 6.82. The first kappa shape index (κ1) is 21.3. The number of aryl methyl sites for hydroxylation is 1. The SMILES string of the molecule is CCc1nnc2n1N[C@@H](c1ccc(OC)c(Cl)c1)[C@H](C(=O)Nc1ccccc1OC)S2. The number of thioether (sulfide) groups is 1. The molecule has 0 unspecified atom stereocenters. The lowest BCUT2D eigenvalue weighted by atomic mass is 10.0. The van der Waals surface area contributed by atoms with Crippen LogP contribution in [0.25, 0.3) is 0 Å². The van der Waals surface area contributed by atoms with Crippen molar-refractivity contribution in [3.05, 3.63) is 58.9 Å². The Morgan fingerprint density at radius 2 is 1.97 bits per heavy atom. The van der Waals surface area contributed by atoms with Crippen molar-refractivity contribution in [1.29, 1.82) is 0 Å². The van der Waals surface area contributed by atoms with Crippen LogP contribution in [0, 0.1) is 0 Å². The van der Waals surface area contributed by atoms with Crippen LogP contribution in [0.1, 0.15) is 24.4 Å². The number of nitrogens with one attached hydrogen (secondary N) is 2. The van der Waals surface area contributed by atoms with E-state index in [-0.39, 0.29) is 11.9 Å². The van der Waals surface area contributed by atoms with E-state index in [0.717, 1.165) is 11.4 Å². The summed E-state index contributed by atoms with van der Waals surface area (Å²) in [5.74, 6) is 1.76. The minimum atomic E-state index is -0.532. The van der Waals surface area contributed by atoms with Gasteiger partial charge in [-0.1, -0.05) is 48.5 Å². The molecule has 1 aromatic heterocycles. The largest absolute Gasteiger partial charge is 0.495 e. The third-order valence-corrected chi connectivity index (χ3v) is 6.49. The van der Waals surface area contributed by atoms with Gasteiger partial charge in [0.2, 0.25) is 11.1 Å². The van der Waals surface area contributed by atoms with Crippen LogP contribution >= 0.6 is 23.4 Å². The summed E-state index contributed by atoms with van der Waals surface area (Å²) in [5.41, 5.74) is 4.85. The lowest BCUT2D eigenvalue weighted by Gasteiger charge is -2.33. The van der Waals surface area contributed by atoms with Crippen LogP contribution in [0.5, 0.6) is 11.5 Å². The second-order valence-corrected chi connectivity index (χ2v) is 8.33. The van der Waals surface area contributed by atoms with E-state index >= 15 is 0 Å². The van der Waals surface area contributed by atoms with E-state index in [4.69, 9.17) is 21.1 Å². The number of nitrogens with zero attached hydrogens (tertiary/aromatic N) is 3. The Kier molecular flexibility index (Phi) is 6.24. The zero-order valence-electron chi connectivity index (χ0n) is 17.3. The van der Waals surface area contributed by atoms with Gasteiger partial charge in [0.1, 0.15) is 16.7 Å². The highest BCUT2D eigenvalue weighted by Gasteiger charge is 2.38. The quantitative estimate of drug-likeness (QED) is 0.577. The van der Waals surface area contributed by atoms with Crippen LogP contribution in [0.3, 0.4) is 0 Å². The number of hydrogen-bond acceptors (Lipinski definition) is 7. The molecule has 0 aliphatic carbocycles. The summed E-state index contributed by atoms with van der Waals surface area (Å²) >= 11 is 7.73. The van der Waals surface area contributed by atoms with Crippen LogP contribution in [0.15, 0.2) is 47.6 Å². The van der Waals surface area contributed by atoms with Gasteiger partial charge in [0.05, 0.1) is 31.0 Å². The van der Waals surface area contributed by atoms with E-state index in [9.17, 15) is 4.79 Å². The predicted molar refractivity (Wildman–Crippen MR) is 121 cm³/mol. The van der Waals surface area contributed by atoms with Gasteiger partial charge in [-0.15, -0.1) is 10.2 Å². The van der Waals surface area contributed by atoms with Gasteiger partial charge in [-0.05, 0) is 29.8 Å². The van der Waals surface area contributed by atoms with Crippen molar-refractivity contribution < 1.29 is 14.3 Å². The third-order valence-electron chi connectivity index (χ3n) is 4.98. The average Bonchev–Trinajstić information content (AvgIpc) is 3.20. The van der Waals surface area contributed by atoms with Crippen molar-refractivity contribution in [3.63, 3.8) is 0 Å². The fourth-order valence-corrected chi connectivity index (χ4v) is 4.77. The molecule has 162 valence electrons. The van der Waals surface area contributed by atoms with Crippen molar-refractivity contribution in [2.24, 2.45) is 0 Å². The predicted octanol–water partition coefficient (Wildman–Crippen LogP) is 3.91. The van der Waals surface area contributed by atoms with Crippen LogP contribution in [0.4, 0.5) is 5.69 Å². The number of benzene rings is 2. The van der Waals surface area contributed by atoms with Crippen LogP contribution in [-0.2, 0) is 11.2 Å². The van der Waals surface area contributed by atoms with Gasteiger partial charge >= 0.3 is 0 Å². The highest BCUT2D eigenvalue weighted by Crippen LogP contribution is 2.39. The first-order chi connectivity index (χ1) is 15.0. The molecule has 0 spiro atoms. The molecule has 0 saturated heterocycles. The van der Waals surface area contributed by atoms with Gasteiger partial charge in [-0.3, -0.25) is 4.79 Å². The number of methoxy groups -OCH3 is 2. The van der Waals surface area contributed by atoms with Gasteiger partial charge in [0, 0.05) is 6.42 Å². The lowest BCUT2D eigenvalue weighted by Crippen LogP contribution is -2.41. The molecule has 1 amide bonds. The number of ether oxygens (including phenoxy) is 2. The van der Waals surface area contributed by atoms with Gasteiger partial charge < -0.3 is 20.2 Å². The number of carbonyl (C=O) groups excluding carboxylic acids is 1. The molecule has 0 saturated carbocycles. The normalized spacial score (nSPS) is 17.4. The molecule has 1 aliphatic heterocycles. The fraction of sp³-hybridized carbons (Fsp3) is 0.286. The summed E-state index contributed by atoms with van der Waals surface area (Å²) in [4.78, 5) is 13.4. The molecule has 31 heavy (non-hydrogen) atoms. The number of carbonyl (C=O) groups is 1. The third kappa shape index (κ3) is 4.15. The molecule has 2 aromatic carbocycles. The minimum absolute atomic E-state index is 0.189. The van der Waals surface area contributed by atoms with E-state index < -0.39 is 5.25 Å². The number of anilines is 1. The molecule has 2 heterocycles. The molecule has 4 rings (SSSR count). The van der Waals surface area contributed by atoms with Gasteiger partial charge in [-0.2, -0.15) is 0 Å². The molecule has 0 fully saturated rings. The molecular weight excluding hydrogens is 438 g/mol. The van der Waals surface area contributed by atoms with E-state index in [0.29, 0.717) is 33.8 Å². The van der Waals surface area contributed by atoms with E-state index in [1.54, 1.807) is 32.4 Å². The Labute approximate surface area is 189 Å². The Bertz CT molecular complexity index is 1110. The Morgan fingerprint density at radius 1 is 1.19 bits per heavy atom. The van der Waals surface area contributed by atoms with Crippen molar-refractivity contribution in [1.82, 2.24) is 14.9 Å². The zero-order valence-corrected chi connectivity index (χ0v) is 18.8. The number of hydrogen-bond donors (Lipinski definition) is 2. The summed E-state index contributed by atoms with van der Waals surface area (Å²) in [6, 6.07) is 12.4. The minimum Gasteiger partial charge on any atom is -0.495 e. The molecule has 8 nitrogen and oxygen atoms in total. The van der Waals surface area contributed by atoms with E-state index in [2.05, 4.69) is 20.9 Å². The number of para-hydroxylation sites is 2. The van der Waals surface area contributed by atoms with Gasteiger partial charge in [-0.25, -0.2) is 4.68 Å². The Hall–Kier alpha value is -2.91. The van der Waals surface area contributed by atoms with E-state index in [1.165, 1.54) is 11.8 Å². The molecule has 1 aliphatic rings. The topological polar surface area (TPSA) is 90.3 Å². The maximum Gasteiger partial charge on any atom is 0.240 e. The Morgan fingerprint density at radius 3 is 2.68 bits per heavy atom. The van der Waals surface area contributed by atoms with Crippen molar-refractivity contribution in [2.75, 3.05) is 25.0 Å². The first-order valence-corrected chi connectivity index (χ1v) is 11.0. The highest BCUT2D eigenvalue weighted by molar-refractivity contribution is 8.00. The van der Waals surface area contributed by atoms with Crippen LogP contribution in [-0.4, -0.2) is 40.3 Å². The maximum atomic E-state index is 13.4. The smallest absolute Gasteiger partial charge is 0.240 e. The fourth-order valence-electron chi connectivity index (χ4n) is 3.41. The van der Waals surface area contributed by atoms with Crippen molar-refractivity contribution in [2.45, 2.75) is 29.8 Å². The monoisotopic (exact) mass is 459 g/mol. The summed E-state index contributed by atoms with van der Waals surface area (Å²) < 4.78 is 12.5. The van der Waals surface area contributed by atoms with Crippen LogP contribution < -0.4 is 20.2 Å². The molecular formula is C21H22ClN5O3S.